The normalized spacial score (nSPS) is 17.1. The molecular weight excluding hydrogens is 290 g/mol. The molecule has 6 nitrogen and oxygen atoms in total. The van der Waals surface area contributed by atoms with Gasteiger partial charge in [0.2, 0.25) is 0 Å². The van der Waals surface area contributed by atoms with Gasteiger partial charge in [-0.1, -0.05) is 6.92 Å². The van der Waals surface area contributed by atoms with E-state index in [2.05, 4.69) is 32.9 Å². The largest absolute Gasteiger partial charge is 0.467 e. The van der Waals surface area contributed by atoms with Crippen LogP contribution in [-0.4, -0.2) is 57.1 Å². The van der Waals surface area contributed by atoms with Crippen molar-refractivity contribution in [2.45, 2.75) is 13.5 Å². The van der Waals surface area contributed by atoms with Gasteiger partial charge in [-0.2, -0.15) is 5.10 Å². The van der Waals surface area contributed by atoms with Crippen LogP contribution in [0.2, 0.25) is 0 Å². The standard InChI is InChI=1S/C17H21N5O/c1-2-20-6-8-21(9-7-20)12-15-10-14(13-23-15)16-11-19-22-5-3-4-18-17(16)22/h3-5,10-11,13H,2,6-9,12H2,1H3. The lowest BCUT2D eigenvalue weighted by atomic mass is 10.2. The molecule has 0 amide bonds. The quantitative estimate of drug-likeness (QED) is 0.739. The Morgan fingerprint density at radius 3 is 2.83 bits per heavy atom. The topological polar surface area (TPSA) is 49.8 Å². The summed E-state index contributed by atoms with van der Waals surface area (Å²) in [5.41, 5.74) is 2.91. The number of furan rings is 1. The molecule has 0 saturated carbocycles. The first-order chi connectivity index (χ1) is 11.3. The molecular formula is C17H21N5O. The van der Waals surface area contributed by atoms with Crippen LogP contribution < -0.4 is 0 Å². The van der Waals surface area contributed by atoms with E-state index >= 15 is 0 Å². The van der Waals surface area contributed by atoms with Gasteiger partial charge in [0.25, 0.3) is 0 Å². The zero-order chi connectivity index (χ0) is 15.6. The summed E-state index contributed by atoms with van der Waals surface area (Å²) in [4.78, 5) is 9.33. The van der Waals surface area contributed by atoms with Gasteiger partial charge in [-0.15, -0.1) is 0 Å². The van der Waals surface area contributed by atoms with Crippen molar-refractivity contribution in [1.29, 1.82) is 0 Å². The van der Waals surface area contributed by atoms with Crippen LogP contribution in [0.15, 0.2) is 41.4 Å². The second-order valence-electron chi connectivity index (χ2n) is 5.96. The maximum atomic E-state index is 5.77. The molecule has 0 aliphatic carbocycles. The van der Waals surface area contributed by atoms with Crippen LogP contribution in [0.1, 0.15) is 12.7 Å². The minimum absolute atomic E-state index is 0.858. The molecule has 120 valence electrons. The van der Waals surface area contributed by atoms with Crippen LogP contribution in [0.25, 0.3) is 16.8 Å². The van der Waals surface area contributed by atoms with Gasteiger partial charge < -0.3 is 9.32 Å². The van der Waals surface area contributed by atoms with E-state index in [1.165, 1.54) is 0 Å². The summed E-state index contributed by atoms with van der Waals surface area (Å²) >= 11 is 0. The van der Waals surface area contributed by atoms with Crippen molar-refractivity contribution in [1.82, 2.24) is 24.4 Å². The Kier molecular flexibility index (Phi) is 3.85. The average Bonchev–Trinajstić information content (AvgIpc) is 3.22. The Labute approximate surface area is 135 Å². The number of piperazine rings is 1. The van der Waals surface area contributed by atoms with Crippen LogP contribution in [0.5, 0.6) is 0 Å². The molecule has 6 heteroatoms. The SMILES string of the molecule is CCN1CCN(Cc2cc(-c3cnn4cccnc34)co2)CC1. The van der Waals surface area contributed by atoms with Gasteiger partial charge in [-0.3, -0.25) is 4.90 Å². The molecule has 1 aliphatic rings. The smallest absolute Gasteiger partial charge is 0.162 e. The number of likely N-dealkylation sites (N-methyl/N-ethyl adjacent to an activating group) is 1. The fourth-order valence-corrected chi connectivity index (χ4v) is 3.12. The minimum atomic E-state index is 0.858. The molecule has 0 bridgehead atoms. The third kappa shape index (κ3) is 2.87. The van der Waals surface area contributed by atoms with Gasteiger partial charge in [0.1, 0.15) is 5.76 Å². The van der Waals surface area contributed by atoms with Gasteiger partial charge >= 0.3 is 0 Å². The first kappa shape index (κ1) is 14.4. The highest BCUT2D eigenvalue weighted by Gasteiger charge is 2.17. The molecule has 4 rings (SSSR count). The molecule has 0 radical (unpaired) electrons. The van der Waals surface area contributed by atoms with E-state index in [0.29, 0.717) is 0 Å². The molecule has 3 aromatic heterocycles. The third-order valence-electron chi connectivity index (χ3n) is 4.54. The molecule has 23 heavy (non-hydrogen) atoms. The monoisotopic (exact) mass is 311 g/mol. The van der Waals surface area contributed by atoms with Crippen molar-refractivity contribution < 1.29 is 4.42 Å². The summed E-state index contributed by atoms with van der Waals surface area (Å²) in [5, 5.41) is 4.33. The third-order valence-corrected chi connectivity index (χ3v) is 4.54. The molecule has 0 N–H and O–H groups in total. The number of nitrogens with zero attached hydrogens (tertiary/aromatic N) is 5. The van der Waals surface area contributed by atoms with E-state index in [-0.39, 0.29) is 0 Å². The number of rotatable bonds is 4. The summed E-state index contributed by atoms with van der Waals surface area (Å²) in [6.07, 6.45) is 7.34. The maximum absolute atomic E-state index is 5.77. The predicted molar refractivity (Wildman–Crippen MR) is 88.1 cm³/mol. The van der Waals surface area contributed by atoms with Crippen molar-refractivity contribution >= 4 is 5.65 Å². The summed E-state index contributed by atoms with van der Waals surface area (Å²) < 4.78 is 7.56. The highest BCUT2D eigenvalue weighted by Crippen LogP contribution is 2.25. The van der Waals surface area contributed by atoms with Gasteiger partial charge in [0.15, 0.2) is 5.65 Å². The zero-order valence-electron chi connectivity index (χ0n) is 13.4. The lowest BCUT2D eigenvalue weighted by Crippen LogP contribution is -2.45. The van der Waals surface area contributed by atoms with Crippen molar-refractivity contribution in [2.24, 2.45) is 0 Å². The van der Waals surface area contributed by atoms with Crippen LogP contribution in [0.3, 0.4) is 0 Å². The zero-order valence-corrected chi connectivity index (χ0v) is 13.4. The summed E-state index contributed by atoms with van der Waals surface area (Å²) in [6.45, 7) is 8.71. The van der Waals surface area contributed by atoms with Crippen LogP contribution in [-0.2, 0) is 6.54 Å². The van der Waals surface area contributed by atoms with E-state index in [4.69, 9.17) is 4.42 Å². The van der Waals surface area contributed by atoms with Gasteiger partial charge in [0.05, 0.1) is 19.0 Å². The predicted octanol–water partition coefficient (Wildman–Crippen LogP) is 2.13. The van der Waals surface area contributed by atoms with Crippen molar-refractivity contribution in [2.75, 3.05) is 32.7 Å². The number of hydrogen-bond acceptors (Lipinski definition) is 5. The van der Waals surface area contributed by atoms with E-state index in [0.717, 1.165) is 61.8 Å². The fraction of sp³-hybridized carbons (Fsp3) is 0.412. The molecule has 0 aromatic carbocycles. The molecule has 1 aliphatic heterocycles. The molecule has 1 saturated heterocycles. The molecule has 4 heterocycles. The van der Waals surface area contributed by atoms with E-state index in [1.54, 1.807) is 10.7 Å². The van der Waals surface area contributed by atoms with Gasteiger partial charge in [0, 0.05) is 49.7 Å². The van der Waals surface area contributed by atoms with Crippen molar-refractivity contribution in [3.05, 3.63) is 42.7 Å². The summed E-state index contributed by atoms with van der Waals surface area (Å²) in [7, 11) is 0. The van der Waals surface area contributed by atoms with Crippen LogP contribution >= 0.6 is 0 Å². The number of aromatic nitrogens is 3. The second-order valence-corrected chi connectivity index (χ2v) is 5.96. The lowest BCUT2D eigenvalue weighted by molar-refractivity contribution is 0.125. The van der Waals surface area contributed by atoms with E-state index < -0.39 is 0 Å². The summed E-state index contributed by atoms with van der Waals surface area (Å²) in [5.74, 6) is 1.00. The Hall–Kier alpha value is -2.18. The van der Waals surface area contributed by atoms with E-state index in [9.17, 15) is 0 Å². The summed E-state index contributed by atoms with van der Waals surface area (Å²) in [6, 6.07) is 3.98. The highest BCUT2D eigenvalue weighted by molar-refractivity contribution is 5.76. The molecule has 0 unspecified atom stereocenters. The lowest BCUT2D eigenvalue weighted by Gasteiger charge is -2.33. The Morgan fingerprint density at radius 2 is 2.00 bits per heavy atom. The van der Waals surface area contributed by atoms with Crippen molar-refractivity contribution in [3.63, 3.8) is 0 Å². The molecule has 0 spiro atoms. The van der Waals surface area contributed by atoms with Gasteiger partial charge in [-0.05, 0) is 18.7 Å². The number of fused-ring (bicyclic) bond motifs is 1. The van der Waals surface area contributed by atoms with Crippen LogP contribution in [0, 0.1) is 0 Å². The minimum Gasteiger partial charge on any atom is -0.467 e. The fourth-order valence-electron chi connectivity index (χ4n) is 3.12. The average molecular weight is 311 g/mol. The molecule has 0 atom stereocenters. The second kappa shape index (κ2) is 6.14. The Morgan fingerprint density at radius 1 is 1.17 bits per heavy atom. The first-order valence-corrected chi connectivity index (χ1v) is 8.14. The molecule has 3 aromatic rings. The van der Waals surface area contributed by atoms with Crippen molar-refractivity contribution in [3.8, 4) is 11.1 Å². The highest BCUT2D eigenvalue weighted by atomic mass is 16.3. The number of hydrogen-bond donors (Lipinski definition) is 0. The molecule has 1 fully saturated rings. The maximum Gasteiger partial charge on any atom is 0.162 e. The first-order valence-electron chi connectivity index (χ1n) is 8.14. The van der Waals surface area contributed by atoms with Crippen LogP contribution in [0.4, 0.5) is 0 Å². The van der Waals surface area contributed by atoms with Gasteiger partial charge in [-0.25, -0.2) is 9.50 Å². The Bertz CT molecular complexity index is 785. The Balaban J connectivity index is 1.49. The van der Waals surface area contributed by atoms with E-state index in [1.807, 2.05) is 24.7 Å².